The molecule has 0 saturated carbocycles. The zero-order chi connectivity index (χ0) is 13.7. The average Bonchev–Trinajstić information content (AvgIpc) is 2.28. The zero-order valence-corrected chi connectivity index (χ0v) is 10.7. The van der Waals surface area contributed by atoms with Gasteiger partial charge in [-0.3, -0.25) is 9.78 Å². The predicted molar refractivity (Wildman–Crippen MR) is 66.1 cm³/mol. The van der Waals surface area contributed by atoms with Crippen LogP contribution in [0.3, 0.4) is 0 Å². The van der Waals surface area contributed by atoms with Gasteiger partial charge in [0.1, 0.15) is 6.04 Å². The molecule has 1 atom stereocenters. The Bertz CT molecular complexity index is 448. The molecule has 0 fully saturated rings. The first-order valence-electron chi connectivity index (χ1n) is 5.57. The molecule has 18 heavy (non-hydrogen) atoms. The number of hydrogen-bond donors (Lipinski definition) is 2. The summed E-state index contributed by atoms with van der Waals surface area (Å²) in [7, 11) is 1.59. The Hall–Kier alpha value is -2.11. The second-order valence-electron chi connectivity index (χ2n) is 4.14. The van der Waals surface area contributed by atoms with E-state index in [-0.39, 0.29) is 0 Å². The van der Waals surface area contributed by atoms with Crippen LogP contribution in [-0.4, -0.2) is 40.1 Å². The predicted octanol–water partition coefficient (Wildman–Crippen LogP) is 1.00. The maximum Gasteiger partial charge on any atom is 0.325 e. The van der Waals surface area contributed by atoms with Gasteiger partial charge in [0, 0.05) is 12.7 Å². The highest BCUT2D eigenvalue weighted by Gasteiger charge is 2.17. The number of aryl methyl sites for hydroxylation is 1. The lowest BCUT2D eigenvalue weighted by Gasteiger charge is -2.19. The SMILES string of the molecule is Cc1cccc(CN(C)C(=O)N[C@@H](C)C(=O)O)n1. The molecular formula is C12H17N3O3. The third-order valence-corrected chi connectivity index (χ3v) is 2.40. The van der Waals surface area contributed by atoms with Crippen LogP contribution in [-0.2, 0) is 11.3 Å². The summed E-state index contributed by atoms with van der Waals surface area (Å²) in [6.07, 6.45) is 0. The highest BCUT2D eigenvalue weighted by molar-refractivity contribution is 5.82. The molecule has 0 unspecified atom stereocenters. The Morgan fingerprint density at radius 1 is 1.50 bits per heavy atom. The minimum absolute atomic E-state index is 0.333. The summed E-state index contributed by atoms with van der Waals surface area (Å²) in [5.41, 5.74) is 1.64. The van der Waals surface area contributed by atoms with Crippen LogP contribution in [0.4, 0.5) is 4.79 Å². The number of nitrogens with one attached hydrogen (secondary N) is 1. The van der Waals surface area contributed by atoms with E-state index in [0.29, 0.717) is 6.54 Å². The first-order valence-corrected chi connectivity index (χ1v) is 5.57. The van der Waals surface area contributed by atoms with E-state index in [4.69, 9.17) is 5.11 Å². The summed E-state index contributed by atoms with van der Waals surface area (Å²) < 4.78 is 0. The molecule has 0 aromatic carbocycles. The third kappa shape index (κ3) is 4.04. The van der Waals surface area contributed by atoms with Crippen molar-refractivity contribution in [1.29, 1.82) is 0 Å². The number of hydrogen-bond acceptors (Lipinski definition) is 3. The average molecular weight is 251 g/mol. The number of aliphatic carboxylic acids is 1. The maximum atomic E-state index is 11.7. The van der Waals surface area contributed by atoms with E-state index in [1.807, 2.05) is 25.1 Å². The number of carboxylic acid groups (broad SMARTS) is 1. The van der Waals surface area contributed by atoms with Crippen LogP contribution in [0.1, 0.15) is 18.3 Å². The van der Waals surface area contributed by atoms with E-state index in [2.05, 4.69) is 10.3 Å². The number of carboxylic acids is 1. The highest BCUT2D eigenvalue weighted by Crippen LogP contribution is 2.02. The van der Waals surface area contributed by atoms with E-state index in [1.54, 1.807) is 7.05 Å². The summed E-state index contributed by atoms with van der Waals surface area (Å²) in [5.74, 6) is -1.06. The second kappa shape index (κ2) is 6.00. The maximum absolute atomic E-state index is 11.7. The lowest BCUT2D eigenvalue weighted by Crippen LogP contribution is -2.44. The van der Waals surface area contributed by atoms with Crippen LogP contribution < -0.4 is 5.32 Å². The topological polar surface area (TPSA) is 82.5 Å². The van der Waals surface area contributed by atoms with Gasteiger partial charge in [0.05, 0.1) is 12.2 Å². The monoisotopic (exact) mass is 251 g/mol. The van der Waals surface area contributed by atoms with E-state index >= 15 is 0 Å². The Balaban J connectivity index is 2.57. The first-order chi connectivity index (χ1) is 8.40. The van der Waals surface area contributed by atoms with Gasteiger partial charge in [-0.2, -0.15) is 0 Å². The van der Waals surface area contributed by atoms with E-state index in [1.165, 1.54) is 11.8 Å². The number of carbonyl (C=O) groups excluding carboxylic acids is 1. The van der Waals surface area contributed by atoms with Crippen LogP contribution in [0.5, 0.6) is 0 Å². The molecule has 0 spiro atoms. The van der Waals surface area contributed by atoms with Crippen molar-refractivity contribution in [2.75, 3.05) is 7.05 Å². The Morgan fingerprint density at radius 2 is 2.17 bits per heavy atom. The number of aromatic nitrogens is 1. The third-order valence-electron chi connectivity index (χ3n) is 2.40. The fourth-order valence-electron chi connectivity index (χ4n) is 1.36. The van der Waals surface area contributed by atoms with Crippen LogP contribution in [0.25, 0.3) is 0 Å². The van der Waals surface area contributed by atoms with Gasteiger partial charge in [-0.25, -0.2) is 4.79 Å². The summed E-state index contributed by atoms with van der Waals surface area (Å²) in [6, 6.07) is 4.20. The fraction of sp³-hybridized carbons (Fsp3) is 0.417. The molecule has 0 radical (unpaired) electrons. The number of amides is 2. The molecule has 2 N–H and O–H groups in total. The fourth-order valence-corrected chi connectivity index (χ4v) is 1.36. The summed E-state index contributed by atoms with van der Waals surface area (Å²) >= 11 is 0. The molecule has 1 aromatic heterocycles. The number of urea groups is 1. The van der Waals surface area contributed by atoms with E-state index < -0.39 is 18.0 Å². The molecule has 1 aromatic rings. The number of pyridine rings is 1. The van der Waals surface area contributed by atoms with Crippen LogP contribution in [0.15, 0.2) is 18.2 Å². The van der Waals surface area contributed by atoms with Gasteiger partial charge in [0.2, 0.25) is 0 Å². The van der Waals surface area contributed by atoms with Gasteiger partial charge in [0.25, 0.3) is 0 Å². The molecule has 1 rings (SSSR count). The van der Waals surface area contributed by atoms with Crippen molar-refractivity contribution in [1.82, 2.24) is 15.2 Å². The minimum Gasteiger partial charge on any atom is -0.480 e. The van der Waals surface area contributed by atoms with Crippen molar-refractivity contribution in [3.05, 3.63) is 29.6 Å². The molecule has 0 bridgehead atoms. The number of nitrogens with zero attached hydrogens (tertiary/aromatic N) is 2. The Morgan fingerprint density at radius 3 is 2.72 bits per heavy atom. The van der Waals surface area contributed by atoms with Gasteiger partial charge in [0.15, 0.2) is 0 Å². The second-order valence-corrected chi connectivity index (χ2v) is 4.14. The normalized spacial score (nSPS) is 11.7. The molecule has 0 aliphatic heterocycles. The van der Waals surface area contributed by atoms with Crippen molar-refractivity contribution in [3.63, 3.8) is 0 Å². The van der Waals surface area contributed by atoms with Gasteiger partial charge in [-0.05, 0) is 26.0 Å². The largest absolute Gasteiger partial charge is 0.480 e. The van der Waals surface area contributed by atoms with Crippen molar-refractivity contribution < 1.29 is 14.7 Å². The van der Waals surface area contributed by atoms with Crippen molar-refractivity contribution >= 4 is 12.0 Å². The van der Waals surface area contributed by atoms with Gasteiger partial charge in [-0.1, -0.05) is 6.07 Å². The Kier molecular flexibility index (Phi) is 4.65. The quantitative estimate of drug-likeness (QED) is 0.836. The molecule has 0 saturated heterocycles. The van der Waals surface area contributed by atoms with Gasteiger partial charge < -0.3 is 15.3 Å². The number of rotatable bonds is 4. The number of carbonyl (C=O) groups is 2. The van der Waals surface area contributed by atoms with Crippen molar-refractivity contribution in [2.24, 2.45) is 0 Å². The molecule has 6 nitrogen and oxygen atoms in total. The van der Waals surface area contributed by atoms with Crippen LogP contribution in [0.2, 0.25) is 0 Å². The van der Waals surface area contributed by atoms with Crippen molar-refractivity contribution in [2.45, 2.75) is 26.4 Å². The molecule has 2 amide bonds. The van der Waals surface area contributed by atoms with Crippen LogP contribution in [0, 0.1) is 6.92 Å². The summed E-state index contributed by atoms with van der Waals surface area (Å²) in [5, 5.41) is 11.1. The Labute approximate surface area is 106 Å². The van der Waals surface area contributed by atoms with E-state index in [0.717, 1.165) is 11.4 Å². The van der Waals surface area contributed by atoms with Gasteiger partial charge in [-0.15, -0.1) is 0 Å². The van der Waals surface area contributed by atoms with Crippen LogP contribution >= 0.6 is 0 Å². The summed E-state index contributed by atoms with van der Waals surface area (Å²) in [4.78, 5) is 27.9. The lowest BCUT2D eigenvalue weighted by atomic mass is 10.3. The standard InChI is InChI=1S/C12H17N3O3/c1-8-5-4-6-10(13-8)7-15(3)12(18)14-9(2)11(16)17/h4-6,9H,7H2,1-3H3,(H,14,18)(H,16,17)/t9-/m0/s1. The molecular weight excluding hydrogens is 234 g/mol. The van der Waals surface area contributed by atoms with Crippen molar-refractivity contribution in [3.8, 4) is 0 Å². The minimum atomic E-state index is -1.06. The van der Waals surface area contributed by atoms with E-state index in [9.17, 15) is 9.59 Å². The van der Waals surface area contributed by atoms with Gasteiger partial charge >= 0.3 is 12.0 Å². The molecule has 6 heteroatoms. The zero-order valence-electron chi connectivity index (χ0n) is 10.7. The highest BCUT2D eigenvalue weighted by atomic mass is 16.4. The first kappa shape index (κ1) is 14.0. The molecule has 0 aliphatic carbocycles. The lowest BCUT2D eigenvalue weighted by molar-refractivity contribution is -0.138. The summed E-state index contributed by atoms with van der Waals surface area (Å²) in [6.45, 7) is 3.62. The molecule has 0 aliphatic rings. The molecule has 98 valence electrons. The smallest absolute Gasteiger partial charge is 0.325 e. The molecule has 1 heterocycles.